The molecule has 150 valence electrons. The Balaban J connectivity index is 1.15. The Morgan fingerprint density at radius 2 is 1.65 bits per heavy atom. The van der Waals surface area contributed by atoms with Gasteiger partial charge in [-0.2, -0.15) is 0 Å². The first-order valence-electron chi connectivity index (χ1n) is 11.9. The topological polar surface area (TPSA) is 6.48 Å². The minimum absolute atomic E-state index is 0.512. The first kappa shape index (κ1) is 19.2. The molecule has 2 heterocycles. The fraction of sp³-hybridized carbons (Fsp3) is 1.00. The summed E-state index contributed by atoms with van der Waals surface area (Å²) in [4.78, 5) is 5.63. The van der Waals surface area contributed by atoms with Crippen molar-refractivity contribution in [3.63, 3.8) is 0 Å². The number of piperidine rings is 2. The van der Waals surface area contributed by atoms with Crippen LogP contribution in [-0.4, -0.2) is 48.6 Å². The number of hydrogen-bond acceptors (Lipinski definition) is 2. The van der Waals surface area contributed by atoms with Crippen molar-refractivity contribution in [3.05, 3.63) is 0 Å². The van der Waals surface area contributed by atoms with Crippen LogP contribution in [0.15, 0.2) is 0 Å². The van der Waals surface area contributed by atoms with Crippen molar-refractivity contribution >= 4 is 0 Å². The van der Waals surface area contributed by atoms with Crippen molar-refractivity contribution in [2.45, 2.75) is 85.1 Å². The Labute approximate surface area is 163 Å². The molecule has 4 aliphatic rings. The molecule has 0 N–H and O–H groups in total. The van der Waals surface area contributed by atoms with Gasteiger partial charge in [0.25, 0.3) is 0 Å². The van der Waals surface area contributed by atoms with Gasteiger partial charge in [-0.25, -0.2) is 0 Å². The third kappa shape index (κ3) is 4.85. The Hall–Kier alpha value is -0.0800. The average Bonchev–Trinajstić information content (AvgIpc) is 3.52. The molecule has 26 heavy (non-hydrogen) atoms. The lowest BCUT2D eigenvalue weighted by atomic mass is 9.75. The minimum Gasteiger partial charge on any atom is -0.303 e. The van der Waals surface area contributed by atoms with Crippen molar-refractivity contribution < 1.29 is 0 Å². The molecule has 0 aromatic rings. The van der Waals surface area contributed by atoms with Crippen molar-refractivity contribution in [1.29, 1.82) is 0 Å². The van der Waals surface area contributed by atoms with Gasteiger partial charge in [0.2, 0.25) is 0 Å². The van der Waals surface area contributed by atoms with E-state index in [1.165, 1.54) is 84.1 Å². The molecular formula is C24H44N2. The largest absolute Gasteiger partial charge is 0.303 e. The SMILES string of the molecule is CC(CC1CC1CN1CCC(C(C)(C)C)CC1)C1CCCN(C2CC2)C1. The molecule has 0 radical (unpaired) electrons. The fourth-order valence-electron chi connectivity index (χ4n) is 6.08. The average molecular weight is 361 g/mol. The molecule has 0 aromatic carbocycles. The van der Waals surface area contributed by atoms with Crippen molar-refractivity contribution in [2.75, 3.05) is 32.7 Å². The third-order valence-corrected chi connectivity index (χ3v) is 8.41. The molecule has 4 fully saturated rings. The Morgan fingerprint density at radius 1 is 0.923 bits per heavy atom. The van der Waals surface area contributed by atoms with Gasteiger partial charge >= 0.3 is 0 Å². The zero-order chi connectivity index (χ0) is 18.3. The van der Waals surface area contributed by atoms with E-state index in [2.05, 4.69) is 37.5 Å². The van der Waals surface area contributed by atoms with Crippen LogP contribution in [0, 0.1) is 35.0 Å². The first-order valence-corrected chi connectivity index (χ1v) is 11.9. The van der Waals surface area contributed by atoms with E-state index >= 15 is 0 Å². The predicted octanol–water partition coefficient (Wildman–Crippen LogP) is 5.28. The van der Waals surface area contributed by atoms with Crippen LogP contribution in [0.25, 0.3) is 0 Å². The van der Waals surface area contributed by atoms with Crippen molar-refractivity contribution in [2.24, 2.45) is 35.0 Å². The Bertz CT molecular complexity index is 455. The highest BCUT2D eigenvalue weighted by Gasteiger charge is 2.41. The highest BCUT2D eigenvalue weighted by molar-refractivity contribution is 4.94. The molecule has 0 amide bonds. The molecule has 2 aliphatic carbocycles. The highest BCUT2D eigenvalue weighted by Crippen LogP contribution is 2.46. The van der Waals surface area contributed by atoms with Gasteiger partial charge in [0, 0.05) is 19.1 Å². The standard InChI is InChI=1S/C24H44N2/c1-18(19-6-5-11-26(17-19)23-7-8-23)14-20-15-21(20)16-25-12-9-22(10-13-25)24(2,3)4/h18-23H,5-17H2,1-4H3. The van der Waals surface area contributed by atoms with Crippen LogP contribution in [0.2, 0.25) is 0 Å². The molecule has 4 atom stereocenters. The van der Waals surface area contributed by atoms with E-state index in [1.807, 2.05) is 0 Å². The molecule has 2 aliphatic heterocycles. The second kappa shape index (κ2) is 7.74. The molecule has 2 saturated carbocycles. The van der Waals surface area contributed by atoms with Crippen molar-refractivity contribution in [3.8, 4) is 0 Å². The maximum absolute atomic E-state index is 2.83. The van der Waals surface area contributed by atoms with Gasteiger partial charge in [-0.1, -0.05) is 27.7 Å². The summed E-state index contributed by atoms with van der Waals surface area (Å²) in [5.74, 6) is 4.98. The maximum Gasteiger partial charge on any atom is 0.00965 e. The van der Waals surface area contributed by atoms with Gasteiger partial charge in [-0.3, -0.25) is 0 Å². The van der Waals surface area contributed by atoms with E-state index in [1.54, 1.807) is 0 Å². The van der Waals surface area contributed by atoms with Crippen LogP contribution < -0.4 is 0 Å². The van der Waals surface area contributed by atoms with Crippen LogP contribution in [0.3, 0.4) is 0 Å². The normalized spacial score (nSPS) is 36.2. The summed E-state index contributed by atoms with van der Waals surface area (Å²) in [6.07, 6.45) is 11.8. The van der Waals surface area contributed by atoms with E-state index < -0.39 is 0 Å². The minimum atomic E-state index is 0.512. The van der Waals surface area contributed by atoms with Gasteiger partial charge in [0.1, 0.15) is 0 Å². The molecule has 0 spiro atoms. The maximum atomic E-state index is 2.83. The molecule has 2 heteroatoms. The molecular weight excluding hydrogens is 316 g/mol. The van der Waals surface area contributed by atoms with Crippen molar-refractivity contribution in [1.82, 2.24) is 9.80 Å². The number of likely N-dealkylation sites (tertiary alicyclic amines) is 2. The summed E-state index contributed by atoms with van der Waals surface area (Å²) in [6, 6.07) is 0.981. The van der Waals surface area contributed by atoms with Gasteiger partial charge in [0.05, 0.1) is 0 Å². The lowest BCUT2D eigenvalue weighted by Gasteiger charge is -2.39. The molecule has 2 nitrogen and oxygen atoms in total. The lowest BCUT2D eigenvalue weighted by Crippen LogP contribution is -2.39. The Kier molecular flexibility index (Phi) is 5.73. The molecule has 0 bridgehead atoms. The summed E-state index contributed by atoms with van der Waals surface area (Å²) >= 11 is 0. The van der Waals surface area contributed by atoms with Crippen LogP contribution in [0.5, 0.6) is 0 Å². The predicted molar refractivity (Wildman–Crippen MR) is 111 cm³/mol. The summed E-state index contributed by atoms with van der Waals surface area (Å²) in [6.45, 7) is 16.8. The zero-order valence-corrected chi connectivity index (χ0v) is 18.1. The lowest BCUT2D eigenvalue weighted by molar-refractivity contribution is 0.106. The third-order valence-electron chi connectivity index (χ3n) is 8.41. The summed E-state index contributed by atoms with van der Waals surface area (Å²) in [5.41, 5.74) is 0.512. The first-order chi connectivity index (χ1) is 12.4. The number of nitrogens with zero attached hydrogens (tertiary/aromatic N) is 2. The second-order valence-electron chi connectivity index (χ2n) is 11.5. The molecule has 2 saturated heterocycles. The smallest absolute Gasteiger partial charge is 0.00965 e. The molecule has 4 rings (SSSR count). The van der Waals surface area contributed by atoms with Crippen LogP contribution >= 0.6 is 0 Å². The molecule has 4 unspecified atom stereocenters. The Morgan fingerprint density at radius 3 is 2.31 bits per heavy atom. The van der Waals surface area contributed by atoms with Crippen LogP contribution in [0.1, 0.15) is 79.1 Å². The molecule has 0 aromatic heterocycles. The number of hydrogen-bond donors (Lipinski definition) is 0. The van der Waals surface area contributed by atoms with Gasteiger partial charge in [-0.05, 0) is 106 Å². The number of rotatable bonds is 6. The summed E-state index contributed by atoms with van der Waals surface area (Å²) in [5, 5.41) is 0. The van der Waals surface area contributed by atoms with E-state index in [9.17, 15) is 0 Å². The quantitative estimate of drug-likeness (QED) is 0.636. The van der Waals surface area contributed by atoms with E-state index in [0.29, 0.717) is 5.41 Å². The highest BCUT2D eigenvalue weighted by atomic mass is 15.2. The van der Waals surface area contributed by atoms with Crippen LogP contribution in [0.4, 0.5) is 0 Å². The van der Waals surface area contributed by atoms with Gasteiger partial charge in [0.15, 0.2) is 0 Å². The van der Waals surface area contributed by atoms with E-state index in [0.717, 1.165) is 35.6 Å². The van der Waals surface area contributed by atoms with E-state index in [4.69, 9.17) is 0 Å². The second-order valence-corrected chi connectivity index (χ2v) is 11.5. The monoisotopic (exact) mass is 360 g/mol. The fourth-order valence-corrected chi connectivity index (χ4v) is 6.08. The summed E-state index contributed by atoms with van der Waals surface area (Å²) < 4.78 is 0. The summed E-state index contributed by atoms with van der Waals surface area (Å²) in [7, 11) is 0. The van der Waals surface area contributed by atoms with Crippen LogP contribution in [-0.2, 0) is 0 Å². The zero-order valence-electron chi connectivity index (χ0n) is 18.1. The van der Waals surface area contributed by atoms with E-state index in [-0.39, 0.29) is 0 Å². The van der Waals surface area contributed by atoms with Gasteiger partial charge in [-0.15, -0.1) is 0 Å². The van der Waals surface area contributed by atoms with Gasteiger partial charge < -0.3 is 9.80 Å².